The van der Waals surface area contributed by atoms with Gasteiger partial charge in [-0.25, -0.2) is 0 Å². The predicted molar refractivity (Wildman–Crippen MR) is 46.1 cm³/mol. The monoisotopic (exact) mass is 166 g/mol. The van der Waals surface area contributed by atoms with Crippen LogP contribution in [-0.2, 0) is 6.42 Å². The predicted octanol–water partition coefficient (Wildman–Crippen LogP) is 1.13. The van der Waals surface area contributed by atoms with Crippen molar-refractivity contribution in [3.05, 3.63) is 17.0 Å². The standard InChI is InChI=1S/C9H14N2O/c1-6-8(4-5-12)9(11-10-6)7-2-3-7/h7,12H,2-5H2,1H3,(H,10,11). The number of hydrogen-bond donors (Lipinski definition) is 2. The lowest BCUT2D eigenvalue weighted by Gasteiger charge is -1.98. The van der Waals surface area contributed by atoms with E-state index in [1.165, 1.54) is 24.1 Å². The van der Waals surface area contributed by atoms with Gasteiger partial charge in [0.05, 0.1) is 5.69 Å². The maximum atomic E-state index is 8.85. The van der Waals surface area contributed by atoms with E-state index in [1.807, 2.05) is 6.92 Å². The van der Waals surface area contributed by atoms with Gasteiger partial charge >= 0.3 is 0 Å². The summed E-state index contributed by atoms with van der Waals surface area (Å²) in [4.78, 5) is 0. The largest absolute Gasteiger partial charge is 0.396 e. The molecule has 2 rings (SSSR count). The van der Waals surface area contributed by atoms with E-state index in [0.29, 0.717) is 5.92 Å². The number of aryl methyl sites for hydroxylation is 1. The lowest BCUT2D eigenvalue weighted by molar-refractivity contribution is 0.299. The second-order valence-corrected chi connectivity index (χ2v) is 3.46. The molecular weight excluding hydrogens is 152 g/mol. The Morgan fingerprint density at radius 3 is 2.92 bits per heavy atom. The molecule has 1 aromatic heterocycles. The first-order valence-corrected chi connectivity index (χ1v) is 4.47. The summed E-state index contributed by atoms with van der Waals surface area (Å²) in [7, 11) is 0. The normalized spacial score (nSPS) is 16.8. The van der Waals surface area contributed by atoms with Crippen molar-refractivity contribution in [1.82, 2.24) is 10.2 Å². The van der Waals surface area contributed by atoms with Crippen LogP contribution in [0.25, 0.3) is 0 Å². The fraction of sp³-hybridized carbons (Fsp3) is 0.667. The number of nitrogens with zero attached hydrogens (tertiary/aromatic N) is 1. The molecule has 66 valence electrons. The first-order chi connectivity index (χ1) is 5.83. The van der Waals surface area contributed by atoms with E-state index in [2.05, 4.69) is 10.2 Å². The van der Waals surface area contributed by atoms with Crippen LogP contribution in [0.2, 0.25) is 0 Å². The number of H-pyrrole nitrogens is 1. The van der Waals surface area contributed by atoms with Crippen LogP contribution in [-0.4, -0.2) is 21.9 Å². The molecule has 1 aromatic rings. The summed E-state index contributed by atoms with van der Waals surface area (Å²) in [5.41, 5.74) is 3.55. The van der Waals surface area contributed by atoms with E-state index in [0.717, 1.165) is 12.1 Å². The molecule has 3 nitrogen and oxygen atoms in total. The van der Waals surface area contributed by atoms with Gasteiger partial charge in [-0.2, -0.15) is 5.10 Å². The van der Waals surface area contributed by atoms with Crippen molar-refractivity contribution >= 4 is 0 Å². The van der Waals surface area contributed by atoms with Gasteiger partial charge in [0.15, 0.2) is 0 Å². The van der Waals surface area contributed by atoms with Crippen LogP contribution < -0.4 is 0 Å². The second-order valence-electron chi connectivity index (χ2n) is 3.46. The van der Waals surface area contributed by atoms with Crippen LogP contribution in [0.5, 0.6) is 0 Å². The number of nitrogens with one attached hydrogen (secondary N) is 1. The van der Waals surface area contributed by atoms with Crippen molar-refractivity contribution in [1.29, 1.82) is 0 Å². The molecule has 0 atom stereocenters. The lowest BCUT2D eigenvalue weighted by Crippen LogP contribution is -1.95. The number of aromatic amines is 1. The minimum atomic E-state index is 0.222. The Labute approximate surface area is 71.8 Å². The molecule has 0 spiro atoms. The molecule has 0 radical (unpaired) electrons. The summed E-state index contributed by atoms with van der Waals surface area (Å²) < 4.78 is 0. The number of aliphatic hydroxyl groups is 1. The van der Waals surface area contributed by atoms with Crippen LogP contribution in [0.3, 0.4) is 0 Å². The average molecular weight is 166 g/mol. The average Bonchev–Trinajstić information content (AvgIpc) is 2.82. The highest BCUT2D eigenvalue weighted by Gasteiger charge is 2.28. The van der Waals surface area contributed by atoms with Gasteiger partial charge in [-0.3, -0.25) is 5.10 Å². The van der Waals surface area contributed by atoms with Crippen LogP contribution in [0.1, 0.15) is 35.7 Å². The van der Waals surface area contributed by atoms with Crippen molar-refractivity contribution in [3.8, 4) is 0 Å². The first kappa shape index (κ1) is 7.80. The zero-order chi connectivity index (χ0) is 8.55. The van der Waals surface area contributed by atoms with Gasteiger partial charge < -0.3 is 5.11 Å². The molecule has 1 aliphatic rings. The minimum absolute atomic E-state index is 0.222. The molecule has 1 saturated carbocycles. The summed E-state index contributed by atoms with van der Waals surface area (Å²) in [6.45, 7) is 2.24. The summed E-state index contributed by atoms with van der Waals surface area (Å²) in [6.07, 6.45) is 3.28. The van der Waals surface area contributed by atoms with E-state index in [9.17, 15) is 0 Å². The highest BCUT2D eigenvalue weighted by molar-refractivity contribution is 5.30. The van der Waals surface area contributed by atoms with Gasteiger partial charge in [-0.15, -0.1) is 0 Å². The highest BCUT2D eigenvalue weighted by Crippen LogP contribution is 2.41. The molecule has 1 fully saturated rings. The molecule has 2 N–H and O–H groups in total. The number of rotatable bonds is 3. The van der Waals surface area contributed by atoms with Gasteiger partial charge in [-0.05, 0) is 31.7 Å². The molecule has 1 heterocycles. The summed E-state index contributed by atoms with van der Waals surface area (Å²) >= 11 is 0. The molecular formula is C9H14N2O. The zero-order valence-corrected chi connectivity index (χ0v) is 7.30. The van der Waals surface area contributed by atoms with Crippen molar-refractivity contribution in [2.45, 2.75) is 32.1 Å². The van der Waals surface area contributed by atoms with Gasteiger partial charge in [0.1, 0.15) is 0 Å². The Balaban J connectivity index is 2.26. The topological polar surface area (TPSA) is 48.9 Å². The fourth-order valence-electron chi connectivity index (χ4n) is 1.59. The van der Waals surface area contributed by atoms with Gasteiger partial charge in [0, 0.05) is 18.2 Å². The minimum Gasteiger partial charge on any atom is -0.396 e. The Kier molecular flexibility index (Phi) is 1.89. The second kappa shape index (κ2) is 2.90. The molecule has 0 aromatic carbocycles. The summed E-state index contributed by atoms with van der Waals surface area (Å²) in [5.74, 6) is 0.677. The lowest BCUT2D eigenvalue weighted by atomic mass is 10.1. The third-order valence-corrected chi connectivity index (χ3v) is 2.43. The quantitative estimate of drug-likeness (QED) is 0.707. The molecule has 3 heteroatoms. The summed E-state index contributed by atoms with van der Waals surface area (Å²) in [6, 6.07) is 0. The molecule has 1 aliphatic carbocycles. The Morgan fingerprint density at radius 1 is 1.58 bits per heavy atom. The van der Waals surface area contributed by atoms with E-state index >= 15 is 0 Å². The summed E-state index contributed by atoms with van der Waals surface area (Å²) in [5, 5.41) is 16.1. The van der Waals surface area contributed by atoms with Crippen molar-refractivity contribution in [2.24, 2.45) is 0 Å². The van der Waals surface area contributed by atoms with E-state index in [-0.39, 0.29) is 6.61 Å². The first-order valence-electron chi connectivity index (χ1n) is 4.47. The molecule has 0 aliphatic heterocycles. The zero-order valence-electron chi connectivity index (χ0n) is 7.30. The number of hydrogen-bond acceptors (Lipinski definition) is 2. The Hall–Kier alpha value is -0.830. The maximum absolute atomic E-state index is 8.85. The van der Waals surface area contributed by atoms with E-state index in [4.69, 9.17) is 5.11 Å². The fourth-order valence-corrected chi connectivity index (χ4v) is 1.59. The smallest absolute Gasteiger partial charge is 0.0688 e. The van der Waals surface area contributed by atoms with Gasteiger partial charge in [-0.1, -0.05) is 0 Å². The third-order valence-electron chi connectivity index (χ3n) is 2.43. The van der Waals surface area contributed by atoms with Crippen molar-refractivity contribution in [3.63, 3.8) is 0 Å². The van der Waals surface area contributed by atoms with Crippen LogP contribution in [0.15, 0.2) is 0 Å². The van der Waals surface area contributed by atoms with Crippen LogP contribution >= 0.6 is 0 Å². The van der Waals surface area contributed by atoms with Crippen molar-refractivity contribution in [2.75, 3.05) is 6.61 Å². The van der Waals surface area contributed by atoms with Gasteiger partial charge in [0.2, 0.25) is 0 Å². The Morgan fingerprint density at radius 2 is 2.33 bits per heavy atom. The van der Waals surface area contributed by atoms with Crippen LogP contribution in [0.4, 0.5) is 0 Å². The molecule has 12 heavy (non-hydrogen) atoms. The maximum Gasteiger partial charge on any atom is 0.0688 e. The molecule has 0 unspecified atom stereocenters. The van der Waals surface area contributed by atoms with Gasteiger partial charge in [0.25, 0.3) is 0 Å². The Bertz CT molecular complexity index is 276. The van der Waals surface area contributed by atoms with Crippen molar-refractivity contribution < 1.29 is 5.11 Å². The highest BCUT2D eigenvalue weighted by atomic mass is 16.2. The van der Waals surface area contributed by atoms with E-state index in [1.54, 1.807) is 0 Å². The van der Waals surface area contributed by atoms with E-state index < -0.39 is 0 Å². The molecule has 0 saturated heterocycles. The molecule has 0 bridgehead atoms. The third kappa shape index (κ3) is 1.25. The number of aliphatic hydroxyl groups excluding tert-OH is 1. The van der Waals surface area contributed by atoms with Crippen LogP contribution in [0, 0.1) is 6.92 Å². The SMILES string of the molecule is Cc1[nH]nc(C2CC2)c1CCO. The molecule has 0 amide bonds. The number of aromatic nitrogens is 2.